The van der Waals surface area contributed by atoms with Crippen LogP contribution in [0.3, 0.4) is 0 Å². The molecule has 30 heavy (non-hydrogen) atoms. The van der Waals surface area contributed by atoms with Crippen molar-refractivity contribution in [1.29, 1.82) is 0 Å². The molecule has 5 rings (SSSR count). The van der Waals surface area contributed by atoms with Gasteiger partial charge in [0.15, 0.2) is 0 Å². The zero-order chi connectivity index (χ0) is 21.2. The monoisotopic (exact) mass is 400 g/mol. The summed E-state index contributed by atoms with van der Waals surface area (Å²) in [6, 6.07) is 16.6. The molecule has 1 aromatic heterocycles. The number of benzene rings is 4. The first kappa shape index (κ1) is 18.9. The second-order valence-corrected chi connectivity index (χ2v) is 8.48. The van der Waals surface area contributed by atoms with E-state index >= 15 is 0 Å². The largest absolute Gasteiger partial charge is 0.269 e. The number of nitrogens with zero attached hydrogens (tertiary/aromatic N) is 2. The van der Waals surface area contributed by atoms with Crippen molar-refractivity contribution in [2.75, 3.05) is 0 Å². The van der Waals surface area contributed by atoms with E-state index in [0.29, 0.717) is 11.0 Å². The zero-order valence-electron chi connectivity index (χ0n) is 17.4. The molecule has 0 fully saturated rings. The fraction of sp³-hybridized carbons (Fsp3) is 0.231. The van der Waals surface area contributed by atoms with Crippen LogP contribution in [0.5, 0.6) is 0 Å². The fourth-order valence-electron chi connectivity index (χ4n) is 4.83. The standard InChI is InChI=1S/C26H22F2N2/c1-13(2)19-21-17-11-7-5-9-15(17)16-10-6-8-12-18(16)22(21)20(14(3)4)24-23(19)29-25(27)26(28)30-24/h5-14H,1-4H3. The van der Waals surface area contributed by atoms with Gasteiger partial charge in [0, 0.05) is 0 Å². The van der Waals surface area contributed by atoms with Gasteiger partial charge >= 0.3 is 0 Å². The third-order valence-corrected chi connectivity index (χ3v) is 5.95. The van der Waals surface area contributed by atoms with Gasteiger partial charge in [0.05, 0.1) is 11.0 Å². The molecule has 0 bridgehead atoms. The van der Waals surface area contributed by atoms with E-state index in [0.717, 1.165) is 43.4 Å². The highest BCUT2D eigenvalue weighted by Gasteiger charge is 2.25. The smallest absolute Gasteiger partial charge is 0.214 e. The molecule has 150 valence electrons. The Morgan fingerprint density at radius 1 is 0.567 bits per heavy atom. The van der Waals surface area contributed by atoms with Crippen molar-refractivity contribution in [3.63, 3.8) is 0 Å². The van der Waals surface area contributed by atoms with E-state index in [1.165, 1.54) is 0 Å². The molecular formula is C26H22F2N2. The van der Waals surface area contributed by atoms with Gasteiger partial charge < -0.3 is 0 Å². The molecular weight excluding hydrogens is 378 g/mol. The van der Waals surface area contributed by atoms with Gasteiger partial charge in [-0.2, -0.15) is 8.78 Å². The molecule has 0 saturated heterocycles. The minimum atomic E-state index is -1.15. The van der Waals surface area contributed by atoms with E-state index in [4.69, 9.17) is 0 Å². The Hall–Kier alpha value is -3.14. The molecule has 0 aliphatic rings. The maximum atomic E-state index is 14.2. The number of aromatic nitrogens is 2. The maximum Gasteiger partial charge on any atom is 0.269 e. The molecule has 4 aromatic carbocycles. The summed E-state index contributed by atoms with van der Waals surface area (Å²) >= 11 is 0. The number of fused-ring (bicyclic) bond motifs is 7. The molecule has 0 aliphatic heterocycles. The third kappa shape index (κ3) is 2.53. The summed E-state index contributed by atoms with van der Waals surface area (Å²) in [6.07, 6.45) is 0. The molecule has 0 unspecified atom stereocenters. The van der Waals surface area contributed by atoms with E-state index in [1.807, 2.05) is 24.3 Å². The summed E-state index contributed by atoms with van der Waals surface area (Å²) in [5.74, 6) is -2.19. The molecule has 0 spiro atoms. The van der Waals surface area contributed by atoms with Gasteiger partial charge in [-0.15, -0.1) is 0 Å². The first-order valence-corrected chi connectivity index (χ1v) is 10.3. The average Bonchev–Trinajstić information content (AvgIpc) is 2.72. The van der Waals surface area contributed by atoms with Crippen molar-refractivity contribution >= 4 is 43.4 Å². The molecule has 2 nitrogen and oxygen atoms in total. The van der Waals surface area contributed by atoms with Crippen LogP contribution in [0.15, 0.2) is 48.5 Å². The topological polar surface area (TPSA) is 25.8 Å². The Labute approximate surface area is 173 Å². The summed E-state index contributed by atoms with van der Waals surface area (Å²) < 4.78 is 28.5. The van der Waals surface area contributed by atoms with Crippen LogP contribution in [0, 0.1) is 11.9 Å². The van der Waals surface area contributed by atoms with Gasteiger partial charge in [-0.1, -0.05) is 76.2 Å². The fourth-order valence-corrected chi connectivity index (χ4v) is 4.83. The van der Waals surface area contributed by atoms with E-state index < -0.39 is 11.9 Å². The van der Waals surface area contributed by atoms with Gasteiger partial charge in [-0.05, 0) is 55.3 Å². The van der Waals surface area contributed by atoms with Crippen LogP contribution < -0.4 is 0 Å². The van der Waals surface area contributed by atoms with Crippen molar-refractivity contribution in [2.45, 2.75) is 39.5 Å². The molecule has 0 radical (unpaired) electrons. The lowest BCUT2D eigenvalue weighted by Crippen LogP contribution is -2.06. The van der Waals surface area contributed by atoms with Crippen molar-refractivity contribution in [1.82, 2.24) is 9.97 Å². The quantitative estimate of drug-likeness (QED) is 0.225. The van der Waals surface area contributed by atoms with E-state index in [9.17, 15) is 8.78 Å². The maximum absolute atomic E-state index is 14.2. The Morgan fingerprint density at radius 2 is 0.900 bits per heavy atom. The number of rotatable bonds is 2. The van der Waals surface area contributed by atoms with Gasteiger partial charge in [-0.25, -0.2) is 9.97 Å². The molecule has 0 saturated carbocycles. The summed E-state index contributed by atoms with van der Waals surface area (Å²) in [5, 5.41) is 6.63. The molecule has 4 heteroatoms. The van der Waals surface area contributed by atoms with E-state index in [2.05, 4.69) is 61.9 Å². The van der Waals surface area contributed by atoms with Gasteiger partial charge in [-0.3, -0.25) is 0 Å². The molecule has 0 N–H and O–H groups in total. The Kier molecular flexibility index (Phi) is 4.21. The molecule has 0 amide bonds. The van der Waals surface area contributed by atoms with Crippen molar-refractivity contribution in [2.24, 2.45) is 0 Å². The summed E-state index contributed by atoms with van der Waals surface area (Å²) in [6.45, 7) is 8.26. The second kappa shape index (κ2) is 6.69. The zero-order valence-corrected chi connectivity index (χ0v) is 17.4. The lowest BCUT2D eigenvalue weighted by molar-refractivity contribution is 0.458. The van der Waals surface area contributed by atoms with Crippen LogP contribution in [-0.2, 0) is 0 Å². The van der Waals surface area contributed by atoms with Crippen molar-refractivity contribution in [3.8, 4) is 0 Å². The van der Waals surface area contributed by atoms with Crippen LogP contribution in [0.1, 0.15) is 50.7 Å². The van der Waals surface area contributed by atoms with Crippen LogP contribution >= 0.6 is 0 Å². The highest BCUT2D eigenvalue weighted by Crippen LogP contribution is 2.45. The first-order valence-electron chi connectivity index (χ1n) is 10.3. The molecule has 0 atom stereocenters. The minimum Gasteiger partial charge on any atom is -0.214 e. The lowest BCUT2D eigenvalue weighted by Gasteiger charge is -2.23. The summed E-state index contributed by atoms with van der Waals surface area (Å²) in [4.78, 5) is 8.14. The van der Waals surface area contributed by atoms with Gasteiger partial charge in [0.1, 0.15) is 0 Å². The van der Waals surface area contributed by atoms with Crippen molar-refractivity contribution < 1.29 is 8.78 Å². The Balaban J connectivity index is 2.26. The van der Waals surface area contributed by atoms with E-state index in [1.54, 1.807) is 0 Å². The summed E-state index contributed by atoms with van der Waals surface area (Å²) in [7, 11) is 0. The normalized spacial score (nSPS) is 12.3. The van der Waals surface area contributed by atoms with Crippen LogP contribution in [0.25, 0.3) is 43.4 Å². The Bertz CT molecular complexity index is 1360. The molecule has 1 heterocycles. The third-order valence-electron chi connectivity index (χ3n) is 5.95. The van der Waals surface area contributed by atoms with Gasteiger partial charge in [0.2, 0.25) is 0 Å². The van der Waals surface area contributed by atoms with Crippen LogP contribution in [-0.4, -0.2) is 9.97 Å². The van der Waals surface area contributed by atoms with Gasteiger partial charge in [0.25, 0.3) is 11.9 Å². The highest BCUT2D eigenvalue weighted by molar-refractivity contribution is 6.29. The Morgan fingerprint density at radius 3 is 1.23 bits per heavy atom. The SMILES string of the molecule is CC(C)c1c2nc(F)c(F)nc2c(C(C)C)c2c3ccccc3c3ccccc3c12. The number of halogens is 2. The molecule has 0 aliphatic carbocycles. The number of hydrogen-bond acceptors (Lipinski definition) is 2. The average molecular weight is 400 g/mol. The molecule has 5 aromatic rings. The lowest BCUT2D eigenvalue weighted by atomic mass is 9.82. The minimum absolute atomic E-state index is 0.0555. The van der Waals surface area contributed by atoms with Crippen molar-refractivity contribution in [3.05, 3.63) is 71.6 Å². The van der Waals surface area contributed by atoms with Crippen LogP contribution in [0.4, 0.5) is 8.78 Å². The summed E-state index contributed by atoms with van der Waals surface area (Å²) in [5.41, 5.74) is 2.75. The van der Waals surface area contributed by atoms with Crippen LogP contribution in [0.2, 0.25) is 0 Å². The predicted octanol–water partition coefficient (Wildman–Crippen LogP) is 7.61. The first-order chi connectivity index (χ1) is 14.4. The second-order valence-electron chi connectivity index (χ2n) is 8.48. The number of hydrogen-bond donors (Lipinski definition) is 0. The van der Waals surface area contributed by atoms with E-state index in [-0.39, 0.29) is 11.8 Å². The highest BCUT2D eigenvalue weighted by atomic mass is 19.2. The predicted molar refractivity (Wildman–Crippen MR) is 120 cm³/mol.